The maximum absolute atomic E-state index is 11.0. The van der Waals surface area contributed by atoms with Crippen molar-refractivity contribution in [2.45, 2.75) is 20.1 Å². The van der Waals surface area contributed by atoms with Crippen LogP contribution < -0.4 is 4.74 Å². The van der Waals surface area contributed by atoms with Gasteiger partial charge >= 0.3 is 5.97 Å². The fourth-order valence-corrected chi connectivity index (χ4v) is 1.58. The second kappa shape index (κ2) is 5.31. The molecule has 94 valence electrons. The van der Waals surface area contributed by atoms with Crippen molar-refractivity contribution in [3.05, 3.63) is 42.2 Å². The molecule has 0 saturated carbocycles. The van der Waals surface area contributed by atoms with Gasteiger partial charge in [0.1, 0.15) is 12.2 Å². The van der Waals surface area contributed by atoms with E-state index in [1.165, 1.54) is 18.5 Å². The number of nitrogens with zero attached hydrogens (tertiary/aromatic N) is 3. The lowest BCUT2D eigenvalue weighted by molar-refractivity contribution is 0.0691. The minimum atomic E-state index is -1.03. The molecule has 0 aliphatic rings. The van der Waals surface area contributed by atoms with Gasteiger partial charge in [-0.3, -0.25) is 4.98 Å². The van der Waals surface area contributed by atoms with Crippen LogP contribution in [0.3, 0.4) is 0 Å². The minimum absolute atomic E-state index is 0.104. The standard InChI is InChI=1S/C12H13N3O3/c1-2-15-8-14-5-9(15)7-18-11-6-13-4-3-10(11)12(16)17/h3-6,8H,2,7H2,1H3,(H,16,17). The highest BCUT2D eigenvalue weighted by atomic mass is 16.5. The monoisotopic (exact) mass is 247 g/mol. The Morgan fingerprint density at radius 2 is 2.28 bits per heavy atom. The first-order valence-corrected chi connectivity index (χ1v) is 5.51. The third-order valence-corrected chi connectivity index (χ3v) is 2.53. The summed E-state index contributed by atoms with van der Waals surface area (Å²) in [6.45, 7) is 3.05. The molecule has 2 heterocycles. The number of carbonyl (C=O) groups is 1. The topological polar surface area (TPSA) is 77.2 Å². The van der Waals surface area contributed by atoms with Gasteiger partial charge < -0.3 is 14.4 Å². The first-order chi connectivity index (χ1) is 8.72. The fourth-order valence-electron chi connectivity index (χ4n) is 1.58. The minimum Gasteiger partial charge on any atom is -0.485 e. The van der Waals surface area contributed by atoms with Crippen LogP contribution >= 0.6 is 0 Å². The molecule has 0 spiro atoms. The predicted octanol–water partition coefficient (Wildman–Crippen LogP) is 1.58. The van der Waals surface area contributed by atoms with E-state index in [-0.39, 0.29) is 17.9 Å². The third-order valence-electron chi connectivity index (χ3n) is 2.53. The largest absolute Gasteiger partial charge is 0.485 e. The van der Waals surface area contributed by atoms with Crippen LogP contribution in [0.15, 0.2) is 31.0 Å². The zero-order valence-electron chi connectivity index (χ0n) is 9.91. The number of ether oxygens (including phenoxy) is 1. The Hall–Kier alpha value is -2.37. The molecule has 6 nitrogen and oxygen atoms in total. The van der Waals surface area contributed by atoms with E-state index >= 15 is 0 Å². The smallest absolute Gasteiger partial charge is 0.339 e. The van der Waals surface area contributed by atoms with Gasteiger partial charge in [-0.2, -0.15) is 0 Å². The highest BCUT2D eigenvalue weighted by molar-refractivity contribution is 5.90. The summed E-state index contributed by atoms with van der Waals surface area (Å²) in [6.07, 6.45) is 6.23. The Morgan fingerprint density at radius 1 is 1.44 bits per heavy atom. The van der Waals surface area contributed by atoms with Crippen molar-refractivity contribution in [2.75, 3.05) is 0 Å². The normalized spacial score (nSPS) is 10.3. The molecule has 0 aromatic carbocycles. The number of pyridine rings is 1. The molecule has 0 saturated heterocycles. The van der Waals surface area contributed by atoms with Crippen molar-refractivity contribution in [1.82, 2.24) is 14.5 Å². The molecule has 0 atom stereocenters. The predicted molar refractivity (Wildman–Crippen MR) is 63.4 cm³/mol. The summed E-state index contributed by atoms with van der Waals surface area (Å²) in [5.41, 5.74) is 0.991. The van der Waals surface area contributed by atoms with Crippen molar-refractivity contribution in [2.24, 2.45) is 0 Å². The van der Waals surface area contributed by atoms with Crippen molar-refractivity contribution in [3.63, 3.8) is 0 Å². The Morgan fingerprint density at radius 3 is 3.00 bits per heavy atom. The van der Waals surface area contributed by atoms with E-state index < -0.39 is 5.97 Å². The molecule has 2 aromatic heterocycles. The van der Waals surface area contributed by atoms with Gasteiger partial charge in [-0.05, 0) is 13.0 Å². The lowest BCUT2D eigenvalue weighted by Gasteiger charge is -2.09. The molecule has 0 aliphatic heterocycles. The fraction of sp³-hybridized carbons (Fsp3) is 0.250. The number of carboxylic acid groups (broad SMARTS) is 1. The van der Waals surface area contributed by atoms with Crippen molar-refractivity contribution in [1.29, 1.82) is 0 Å². The zero-order valence-corrected chi connectivity index (χ0v) is 9.91. The van der Waals surface area contributed by atoms with Crippen molar-refractivity contribution in [3.8, 4) is 5.75 Å². The van der Waals surface area contributed by atoms with Crippen molar-refractivity contribution >= 4 is 5.97 Å². The summed E-state index contributed by atoms with van der Waals surface area (Å²) in [5.74, 6) is -0.773. The SMILES string of the molecule is CCn1cncc1COc1cnccc1C(=O)O. The number of hydrogen-bond acceptors (Lipinski definition) is 4. The molecule has 0 unspecified atom stereocenters. The summed E-state index contributed by atoms with van der Waals surface area (Å²) >= 11 is 0. The van der Waals surface area contributed by atoms with E-state index in [1.807, 2.05) is 11.5 Å². The zero-order chi connectivity index (χ0) is 13.0. The molecule has 0 amide bonds. The Labute approximate surface area is 104 Å². The van der Waals surface area contributed by atoms with Crippen molar-refractivity contribution < 1.29 is 14.6 Å². The first kappa shape index (κ1) is 12.1. The molecule has 0 radical (unpaired) electrons. The van der Waals surface area contributed by atoms with Crippen LogP contribution in [0, 0.1) is 0 Å². The van der Waals surface area contributed by atoms with Gasteiger partial charge in [-0.25, -0.2) is 9.78 Å². The molecule has 0 bridgehead atoms. The summed E-state index contributed by atoms with van der Waals surface area (Å²) in [4.78, 5) is 18.9. The maximum Gasteiger partial charge on any atom is 0.339 e. The summed E-state index contributed by atoms with van der Waals surface area (Å²) < 4.78 is 7.41. The molecule has 1 N–H and O–H groups in total. The molecule has 2 rings (SSSR count). The van der Waals surface area contributed by atoms with E-state index in [0.29, 0.717) is 0 Å². The van der Waals surface area contributed by atoms with Gasteiger partial charge in [0.25, 0.3) is 0 Å². The van der Waals surface area contributed by atoms with E-state index in [1.54, 1.807) is 12.5 Å². The van der Waals surface area contributed by atoms with Crippen LogP contribution in [0.4, 0.5) is 0 Å². The van der Waals surface area contributed by atoms with Crippen LogP contribution in [0.25, 0.3) is 0 Å². The van der Waals surface area contributed by atoms with E-state index in [0.717, 1.165) is 12.2 Å². The number of rotatable bonds is 5. The molecule has 2 aromatic rings. The van der Waals surface area contributed by atoms with Gasteiger partial charge in [0.15, 0.2) is 5.75 Å². The molecule has 6 heteroatoms. The molecular weight excluding hydrogens is 234 g/mol. The van der Waals surface area contributed by atoms with Gasteiger partial charge in [0.2, 0.25) is 0 Å². The molecule has 18 heavy (non-hydrogen) atoms. The quantitative estimate of drug-likeness (QED) is 0.867. The summed E-state index contributed by atoms with van der Waals surface area (Å²) in [6, 6.07) is 1.41. The summed E-state index contributed by atoms with van der Waals surface area (Å²) in [7, 11) is 0. The molecular formula is C12H13N3O3. The number of imidazole rings is 1. The Balaban J connectivity index is 2.13. The van der Waals surface area contributed by atoms with E-state index in [2.05, 4.69) is 9.97 Å². The Bertz CT molecular complexity index is 551. The Kier molecular flexibility index (Phi) is 3.57. The number of aryl methyl sites for hydroxylation is 1. The van der Waals surface area contributed by atoms with Gasteiger partial charge in [0, 0.05) is 12.7 Å². The highest BCUT2D eigenvalue weighted by Gasteiger charge is 2.11. The van der Waals surface area contributed by atoms with E-state index in [9.17, 15) is 4.79 Å². The van der Waals surface area contributed by atoms with Crippen LogP contribution in [0.5, 0.6) is 5.75 Å². The third kappa shape index (κ3) is 2.48. The van der Waals surface area contributed by atoms with Gasteiger partial charge in [0.05, 0.1) is 24.4 Å². The van der Waals surface area contributed by atoms with Crippen LogP contribution in [0.2, 0.25) is 0 Å². The average Bonchev–Trinajstić information content (AvgIpc) is 2.84. The van der Waals surface area contributed by atoms with Crippen LogP contribution in [-0.4, -0.2) is 25.6 Å². The maximum atomic E-state index is 11.0. The average molecular weight is 247 g/mol. The number of hydrogen-bond donors (Lipinski definition) is 1. The lowest BCUT2D eigenvalue weighted by Crippen LogP contribution is -2.07. The summed E-state index contributed by atoms with van der Waals surface area (Å²) in [5, 5.41) is 9.00. The molecule has 0 fully saturated rings. The number of aromatic carboxylic acids is 1. The number of carboxylic acids is 1. The van der Waals surface area contributed by atoms with Crippen LogP contribution in [-0.2, 0) is 13.2 Å². The lowest BCUT2D eigenvalue weighted by atomic mass is 10.2. The number of aromatic nitrogens is 3. The van der Waals surface area contributed by atoms with E-state index in [4.69, 9.17) is 9.84 Å². The first-order valence-electron chi connectivity index (χ1n) is 5.51. The van der Waals surface area contributed by atoms with Gasteiger partial charge in [-0.15, -0.1) is 0 Å². The molecule has 0 aliphatic carbocycles. The van der Waals surface area contributed by atoms with Gasteiger partial charge in [-0.1, -0.05) is 0 Å². The van der Waals surface area contributed by atoms with Crippen LogP contribution in [0.1, 0.15) is 23.0 Å². The highest BCUT2D eigenvalue weighted by Crippen LogP contribution is 2.17. The second-order valence-corrected chi connectivity index (χ2v) is 3.64. The second-order valence-electron chi connectivity index (χ2n) is 3.64.